The van der Waals surface area contributed by atoms with Gasteiger partial charge in [-0.15, -0.1) is 0 Å². The Hall–Kier alpha value is -2.36. The first-order valence-electron chi connectivity index (χ1n) is 8.21. The van der Waals surface area contributed by atoms with Crippen molar-refractivity contribution in [1.29, 1.82) is 0 Å². The average Bonchev–Trinajstić information content (AvgIpc) is 2.57. The van der Waals surface area contributed by atoms with Crippen LogP contribution in [0, 0.1) is 12.8 Å². The van der Waals surface area contributed by atoms with Crippen LogP contribution in [0.5, 0.6) is 0 Å². The Balaban J connectivity index is 1.71. The third-order valence-corrected chi connectivity index (χ3v) is 4.39. The van der Waals surface area contributed by atoms with Gasteiger partial charge in [0.15, 0.2) is 0 Å². The topological polar surface area (TPSA) is 45.2 Å². The second-order valence-corrected chi connectivity index (χ2v) is 6.40. The summed E-state index contributed by atoms with van der Waals surface area (Å²) in [6.07, 6.45) is 3.84. The lowest BCUT2D eigenvalue weighted by Gasteiger charge is -2.30. The largest absolute Gasteiger partial charge is 0.355 e. The molecule has 23 heavy (non-hydrogen) atoms. The standard InChI is InChI=1S/C19H23N3O/c1-14-3-5-16(6-4-14)21-17-7-10-20-18(13-17)19(23)22-11-8-15(2)9-12-22/h3-7,10,13,15H,8-9,11-12H2,1-2H3,(H,20,21). The van der Waals surface area contributed by atoms with Crippen LogP contribution in [0.25, 0.3) is 0 Å². The van der Waals surface area contributed by atoms with Crippen molar-refractivity contribution in [2.45, 2.75) is 26.7 Å². The number of amides is 1. The van der Waals surface area contributed by atoms with Crippen molar-refractivity contribution in [2.75, 3.05) is 18.4 Å². The molecule has 1 saturated heterocycles. The maximum atomic E-state index is 12.6. The Morgan fingerprint density at radius 3 is 2.52 bits per heavy atom. The molecule has 4 heteroatoms. The predicted molar refractivity (Wildman–Crippen MR) is 93.0 cm³/mol. The van der Waals surface area contributed by atoms with Crippen molar-refractivity contribution >= 4 is 17.3 Å². The first-order valence-corrected chi connectivity index (χ1v) is 8.21. The minimum absolute atomic E-state index is 0.0319. The van der Waals surface area contributed by atoms with Crippen molar-refractivity contribution in [1.82, 2.24) is 9.88 Å². The molecule has 1 N–H and O–H groups in total. The lowest BCUT2D eigenvalue weighted by molar-refractivity contribution is 0.0691. The number of likely N-dealkylation sites (tertiary alicyclic amines) is 1. The molecule has 2 heterocycles. The van der Waals surface area contributed by atoms with E-state index < -0.39 is 0 Å². The monoisotopic (exact) mass is 309 g/mol. The summed E-state index contributed by atoms with van der Waals surface area (Å²) in [5, 5.41) is 3.33. The van der Waals surface area contributed by atoms with Gasteiger partial charge in [-0.25, -0.2) is 0 Å². The van der Waals surface area contributed by atoms with Crippen LogP contribution in [-0.2, 0) is 0 Å². The SMILES string of the molecule is Cc1ccc(Nc2ccnc(C(=O)N3CCC(C)CC3)c2)cc1. The third kappa shape index (κ3) is 3.89. The molecule has 120 valence electrons. The molecular formula is C19H23N3O. The molecule has 0 radical (unpaired) electrons. The fourth-order valence-corrected chi connectivity index (χ4v) is 2.80. The van der Waals surface area contributed by atoms with Gasteiger partial charge in [0.05, 0.1) is 0 Å². The number of anilines is 2. The molecule has 0 atom stereocenters. The summed E-state index contributed by atoms with van der Waals surface area (Å²) in [5.41, 5.74) is 3.63. The number of hydrogen-bond acceptors (Lipinski definition) is 3. The zero-order valence-electron chi connectivity index (χ0n) is 13.7. The van der Waals surface area contributed by atoms with Crippen LogP contribution in [0.3, 0.4) is 0 Å². The van der Waals surface area contributed by atoms with Crippen molar-refractivity contribution in [2.24, 2.45) is 5.92 Å². The first-order chi connectivity index (χ1) is 11.1. The molecule has 0 bridgehead atoms. The molecular weight excluding hydrogens is 286 g/mol. The summed E-state index contributed by atoms with van der Waals surface area (Å²) in [6.45, 7) is 5.97. The van der Waals surface area contributed by atoms with Crippen LogP contribution in [0.15, 0.2) is 42.6 Å². The molecule has 1 amide bonds. The summed E-state index contributed by atoms with van der Waals surface area (Å²) in [7, 11) is 0. The lowest BCUT2D eigenvalue weighted by Crippen LogP contribution is -2.38. The van der Waals surface area contributed by atoms with E-state index in [1.165, 1.54) is 5.56 Å². The molecule has 2 aromatic rings. The summed E-state index contributed by atoms with van der Waals surface area (Å²) in [6, 6.07) is 11.9. The van der Waals surface area contributed by atoms with Gasteiger partial charge in [0.25, 0.3) is 5.91 Å². The highest BCUT2D eigenvalue weighted by Crippen LogP contribution is 2.20. The number of rotatable bonds is 3. The van der Waals surface area contributed by atoms with Gasteiger partial charge in [0.1, 0.15) is 5.69 Å². The van der Waals surface area contributed by atoms with Gasteiger partial charge in [-0.3, -0.25) is 9.78 Å². The molecule has 0 unspecified atom stereocenters. The third-order valence-electron chi connectivity index (χ3n) is 4.39. The van der Waals surface area contributed by atoms with Crippen LogP contribution < -0.4 is 5.32 Å². The Labute approximate surface area is 137 Å². The van der Waals surface area contributed by atoms with Gasteiger partial charge in [0, 0.05) is 30.7 Å². The van der Waals surface area contributed by atoms with E-state index in [2.05, 4.69) is 36.3 Å². The molecule has 1 aliphatic rings. The molecule has 1 aromatic heterocycles. The van der Waals surface area contributed by atoms with Gasteiger partial charge in [-0.05, 0) is 49.9 Å². The van der Waals surface area contributed by atoms with Crippen molar-refractivity contribution < 1.29 is 4.79 Å². The summed E-state index contributed by atoms with van der Waals surface area (Å²) >= 11 is 0. The number of nitrogens with one attached hydrogen (secondary N) is 1. The summed E-state index contributed by atoms with van der Waals surface area (Å²) < 4.78 is 0. The highest BCUT2D eigenvalue weighted by Gasteiger charge is 2.22. The number of aromatic nitrogens is 1. The van der Waals surface area contributed by atoms with Crippen LogP contribution in [0.2, 0.25) is 0 Å². The number of carbonyl (C=O) groups excluding carboxylic acids is 1. The molecule has 1 aliphatic heterocycles. The minimum Gasteiger partial charge on any atom is -0.355 e. The fourth-order valence-electron chi connectivity index (χ4n) is 2.80. The van der Waals surface area contributed by atoms with E-state index in [0.29, 0.717) is 11.6 Å². The Morgan fingerprint density at radius 1 is 1.13 bits per heavy atom. The average molecular weight is 309 g/mol. The Bertz CT molecular complexity index is 673. The van der Waals surface area contributed by atoms with Crippen molar-refractivity contribution in [3.05, 3.63) is 53.9 Å². The second kappa shape index (κ2) is 6.82. The molecule has 0 saturated carbocycles. The maximum absolute atomic E-state index is 12.6. The van der Waals surface area contributed by atoms with Crippen LogP contribution in [-0.4, -0.2) is 28.9 Å². The van der Waals surface area contributed by atoms with Crippen LogP contribution in [0.1, 0.15) is 35.8 Å². The Morgan fingerprint density at radius 2 is 1.83 bits per heavy atom. The second-order valence-electron chi connectivity index (χ2n) is 6.40. The van der Waals surface area contributed by atoms with Gasteiger partial charge < -0.3 is 10.2 Å². The number of aryl methyl sites for hydroxylation is 1. The maximum Gasteiger partial charge on any atom is 0.272 e. The number of hydrogen-bond donors (Lipinski definition) is 1. The number of carbonyl (C=O) groups is 1. The van der Waals surface area contributed by atoms with E-state index in [1.54, 1.807) is 6.20 Å². The van der Waals surface area contributed by atoms with E-state index in [9.17, 15) is 4.79 Å². The normalized spacial score (nSPS) is 15.5. The number of benzene rings is 1. The number of nitrogens with zero attached hydrogens (tertiary/aromatic N) is 2. The quantitative estimate of drug-likeness (QED) is 0.932. The van der Waals surface area contributed by atoms with E-state index in [4.69, 9.17) is 0 Å². The molecule has 0 aliphatic carbocycles. The molecule has 1 fully saturated rings. The van der Waals surface area contributed by atoms with E-state index in [0.717, 1.165) is 37.3 Å². The lowest BCUT2D eigenvalue weighted by atomic mass is 9.99. The summed E-state index contributed by atoms with van der Waals surface area (Å²) in [5.74, 6) is 0.742. The molecule has 1 aromatic carbocycles. The van der Waals surface area contributed by atoms with Crippen molar-refractivity contribution in [3.8, 4) is 0 Å². The van der Waals surface area contributed by atoms with Crippen LogP contribution >= 0.6 is 0 Å². The predicted octanol–water partition coefficient (Wildman–Crippen LogP) is 4.01. The minimum atomic E-state index is 0.0319. The van der Waals surface area contributed by atoms with E-state index in [-0.39, 0.29) is 5.91 Å². The van der Waals surface area contributed by atoms with Crippen LogP contribution in [0.4, 0.5) is 11.4 Å². The van der Waals surface area contributed by atoms with Gasteiger partial charge in [0.2, 0.25) is 0 Å². The van der Waals surface area contributed by atoms with Crippen molar-refractivity contribution in [3.63, 3.8) is 0 Å². The van der Waals surface area contributed by atoms with Gasteiger partial charge in [-0.1, -0.05) is 24.6 Å². The van der Waals surface area contributed by atoms with E-state index >= 15 is 0 Å². The number of pyridine rings is 1. The zero-order valence-corrected chi connectivity index (χ0v) is 13.7. The van der Waals surface area contributed by atoms with Gasteiger partial charge in [-0.2, -0.15) is 0 Å². The Kier molecular flexibility index (Phi) is 4.60. The molecule has 4 nitrogen and oxygen atoms in total. The zero-order chi connectivity index (χ0) is 16.2. The number of piperidine rings is 1. The van der Waals surface area contributed by atoms with E-state index in [1.807, 2.05) is 29.2 Å². The smallest absolute Gasteiger partial charge is 0.272 e. The fraction of sp³-hybridized carbons (Fsp3) is 0.368. The first kappa shape index (κ1) is 15.5. The summed E-state index contributed by atoms with van der Waals surface area (Å²) in [4.78, 5) is 18.8. The highest BCUT2D eigenvalue weighted by atomic mass is 16.2. The van der Waals surface area contributed by atoms with Gasteiger partial charge >= 0.3 is 0 Å². The molecule has 3 rings (SSSR count). The highest BCUT2D eigenvalue weighted by molar-refractivity contribution is 5.93. The molecule has 0 spiro atoms.